The van der Waals surface area contributed by atoms with E-state index in [4.69, 9.17) is 4.74 Å². The molecule has 6 heteroatoms. The van der Waals surface area contributed by atoms with Crippen LogP contribution in [0, 0.1) is 0 Å². The molecule has 0 spiro atoms. The summed E-state index contributed by atoms with van der Waals surface area (Å²) < 4.78 is 5.70. The lowest BCUT2D eigenvalue weighted by Crippen LogP contribution is -2.32. The second kappa shape index (κ2) is 8.29. The van der Waals surface area contributed by atoms with E-state index in [1.807, 2.05) is 30.3 Å². The molecule has 2 aromatic carbocycles. The molecule has 0 bridgehead atoms. The van der Waals surface area contributed by atoms with Gasteiger partial charge in [0.1, 0.15) is 12.4 Å². The van der Waals surface area contributed by atoms with Crippen molar-refractivity contribution in [2.24, 2.45) is 0 Å². The van der Waals surface area contributed by atoms with Gasteiger partial charge in [-0.3, -0.25) is 19.3 Å². The molecule has 1 aliphatic rings. The lowest BCUT2D eigenvalue weighted by molar-refractivity contribution is -0.138. The van der Waals surface area contributed by atoms with Gasteiger partial charge >= 0.3 is 0 Å². The molecular weight excluding hydrogens is 332 g/mol. The Morgan fingerprint density at radius 2 is 1.62 bits per heavy atom. The predicted octanol–water partition coefficient (Wildman–Crippen LogP) is 2.74. The van der Waals surface area contributed by atoms with Gasteiger partial charge in [0.25, 0.3) is 0 Å². The van der Waals surface area contributed by atoms with E-state index in [1.54, 1.807) is 24.3 Å². The molecule has 0 saturated carbocycles. The highest BCUT2D eigenvalue weighted by atomic mass is 16.5. The SMILES string of the molecule is O=C(CCN1C(=O)CCC1=O)Nc1ccc(OCc2ccccc2)cc1. The molecule has 3 amide bonds. The van der Waals surface area contributed by atoms with Gasteiger partial charge in [-0.25, -0.2) is 0 Å². The minimum Gasteiger partial charge on any atom is -0.489 e. The average molecular weight is 352 g/mol. The van der Waals surface area contributed by atoms with Crippen LogP contribution in [0.5, 0.6) is 5.75 Å². The summed E-state index contributed by atoms with van der Waals surface area (Å²) in [6, 6.07) is 16.9. The van der Waals surface area contributed by atoms with Crippen molar-refractivity contribution in [3.05, 3.63) is 60.2 Å². The van der Waals surface area contributed by atoms with Gasteiger partial charge in [0.05, 0.1) is 0 Å². The highest BCUT2D eigenvalue weighted by Gasteiger charge is 2.28. The number of amides is 3. The summed E-state index contributed by atoms with van der Waals surface area (Å²) in [5, 5.41) is 2.75. The summed E-state index contributed by atoms with van der Waals surface area (Å²) in [5.74, 6) is 0.0565. The normalized spacial score (nSPS) is 13.8. The quantitative estimate of drug-likeness (QED) is 0.778. The van der Waals surface area contributed by atoms with Crippen LogP contribution in [-0.2, 0) is 21.0 Å². The second-order valence-corrected chi connectivity index (χ2v) is 6.04. The van der Waals surface area contributed by atoms with Gasteiger partial charge in [-0.15, -0.1) is 0 Å². The Hall–Kier alpha value is -3.15. The molecule has 2 aromatic rings. The number of likely N-dealkylation sites (tertiary alicyclic amines) is 1. The molecule has 0 aromatic heterocycles. The van der Waals surface area contributed by atoms with Gasteiger partial charge in [-0.2, -0.15) is 0 Å². The van der Waals surface area contributed by atoms with Crippen molar-refractivity contribution in [1.82, 2.24) is 4.90 Å². The number of nitrogens with one attached hydrogen (secondary N) is 1. The van der Waals surface area contributed by atoms with Crippen molar-refractivity contribution in [3.8, 4) is 5.75 Å². The number of imide groups is 1. The van der Waals surface area contributed by atoms with Gasteiger partial charge in [-0.1, -0.05) is 30.3 Å². The number of carbonyl (C=O) groups is 3. The van der Waals surface area contributed by atoms with Crippen molar-refractivity contribution >= 4 is 23.4 Å². The van der Waals surface area contributed by atoms with Crippen LogP contribution < -0.4 is 10.1 Å². The average Bonchev–Trinajstić information content (AvgIpc) is 2.98. The predicted molar refractivity (Wildman–Crippen MR) is 96.4 cm³/mol. The van der Waals surface area contributed by atoms with Crippen molar-refractivity contribution in [3.63, 3.8) is 0 Å². The standard InChI is InChI=1S/C20H20N2O4/c23-18(12-13-22-19(24)10-11-20(22)25)21-16-6-8-17(9-7-16)26-14-15-4-2-1-3-5-15/h1-9H,10-14H2,(H,21,23). The van der Waals surface area contributed by atoms with Gasteiger partial charge in [0.2, 0.25) is 17.7 Å². The molecule has 0 unspecified atom stereocenters. The first kappa shape index (κ1) is 17.7. The topological polar surface area (TPSA) is 75.7 Å². The van der Waals surface area contributed by atoms with Crippen molar-refractivity contribution in [2.75, 3.05) is 11.9 Å². The first-order valence-corrected chi connectivity index (χ1v) is 8.51. The van der Waals surface area contributed by atoms with Gasteiger partial charge in [0.15, 0.2) is 0 Å². The van der Waals surface area contributed by atoms with Crippen LogP contribution in [0.1, 0.15) is 24.8 Å². The summed E-state index contributed by atoms with van der Waals surface area (Å²) >= 11 is 0. The third-order valence-corrected chi connectivity index (χ3v) is 4.10. The van der Waals surface area contributed by atoms with Crippen molar-refractivity contribution in [1.29, 1.82) is 0 Å². The number of hydrogen-bond donors (Lipinski definition) is 1. The number of carbonyl (C=O) groups excluding carboxylic acids is 3. The molecule has 0 atom stereocenters. The van der Waals surface area contributed by atoms with Crippen LogP contribution in [-0.4, -0.2) is 29.2 Å². The molecule has 6 nitrogen and oxygen atoms in total. The Bertz CT molecular complexity index is 771. The molecule has 26 heavy (non-hydrogen) atoms. The van der Waals surface area contributed by atoms with Crippen molar-refractivity contribution in [2.45, 2.75) is 25.9 Å². The number of anilines is 1. The highest BCUT2D eigenvalue weighted by Crippen LogP contribution is 2.18. The number of benzene rings is 2. The molecule has 1 saturated heterocycles. The van der Waals surface area contributed by atoms with E-state index in [0.29, 0.717) is 18.0 Å². The third-order valence-electron chi connectivity index (χ3n) is 4.10. The minimum absolute atomic E-state index is 0.0870. The number of hydrogen-bond acceptors (Lipinski definition) is 4. The zero-order valence-corrected chi connectivity index (χ0v) is 14.3. The van der Waals surface area contributed by atoms with E-state index in [2.05, 4.69) is 5.32 Å². The Morgan fingerprint density at radius 3 is 2.27 bits per heavy atom. The number of ether oxygens (including phenoxy) is 1. The Kier molecular flexibility index (Phi) is 5.63. The third kappa shape index (κ3) is 4.69. The van der Waals surface area contributed by atoms with Gasteiger partial charge in [-0.05, 0) is 29.8 Å². The molecule has 134 valence electrons. The summed E-state index contributed by atoms with van der Waals surface area (Å²) in [6.45, 7) is 0.603. The monoisotopic (exact) mass is 352 g/mol. The second-order valence-electron chi connectivity index (χ2n) is 6.04. The molecule has 0 radical (unpaired) electrons. The maximum atomic E-state index is 12.0. The van der Waals surface area contributed by atoms with Gasteiger partial charge < -0.3 is 10.1 Å². The van der Waals surface area contributed by atoms with Crippen LogP contribution >= 0.6 is 0 Å². The Balaban J connectivity index is 1.45. The summed E-state index contributed by atoms with van der Waals surface area (Å²) in [7, 11) is 0. The smallest absolute Gasteiger partial charge is 0.229 e. The first-order valence-electron chi connectivity index (χ1n) is 8.51. The molecule has 3 rings (SSSR count). The fraction of sp³-hybridized carbons (Fsp3) is 0.250. The fourth-order valence-electron chi connectivity index (χ4n) is 2.68. The molecule has 1 heterocycles. The van der Waals surface area contributed by atoms with E-state index in [-0.39, 0.29) is 43.5 Å². The molecule has 1 N–H and O–H groups in total. The molecule has 1 fully saturated rings. The fourth-order valence-corrected chi connectivity index (χ4v) is 2.68. The lowest BCUT2D eigenvalue weighted by Gasteiger charge is -2.13. The number of rotatable bonds is 7. The highest BCUT2D eigenvalue weighted by molar-refractivity contribution is 6.02. The summed E-state index contributed by atoms with van der Waals surface area (Å²) in [6.07, 6.45) is 0.569. The Morgan fingerprint density at radius 1 is 0.962 bits per heavy atom. The van der Waals surface area contributed by atoms with E-state index < -0.39 is 0 Å². The van der Waals surface area contributed by atoms with Crippen LogP contribution in [0.3, 0.4) is 0 Å². The van der Waals surface area contributed by atoms with Crippen LogP contribution in [0.4, 0.5) is 5.69 Å². The Labute approximate surface area is 151 Å². The number of nitrogens with zero attached hydrogens (tertiary/aromatic N) is 1. The maximum absolute atomic E-state index is 12.0. The van der Waals surface area contributed by atoms with Gasteiger partial charge in [0, 0.05) is 31.5 Å². The zero-order valence-electron chi connectivity index (χ0n) is 14.3. The van der Waals surface area contributed by atoms with Crippen LogP contribution in [0.2, 0.25) is 0 Å². The molecule has 0 aliphatic carbocycles. The van der Waals surface area contributed by atoms with Crippen molar-refractivity contribution < 1.29 is 19.1 Å². The van der Waals surface area contributed by atoms with E-state index >= 15 is 0 Å². The largest absolute Gasteiger partial charge is 0.489 e. The molecular formula is C20H20N2O4. The minimum atomic E-state index is -0.240. The lowest BCUT2D eigenvalue weighted by atomic mass is 10.2. The van der Waals surface area contributed by atoms with E-state index in [9.17, 15) is 14.4 Å². The summed E-state index contributed by atoms with van der Waals surface area (Å²) in [5.41, 5.74) is 1.72. The maximum Gasteiger partial charge on any atom is 0.229 e. The van der Waals surface area contributed by atoms with E-state index in [1.165, 1.54) is 0 Å². The molecule has 1 aliphatic heterocycles. The van der Waals surface area contributed by atoms with Crippen LogP contribution in [0.25, 0.3) is 0 Å². The summed E-state index contributed by atoms with van der Waals surface area (Å²) in [4.78, 5) is 36.2. The first-order chi connectivity index (χ1) is 12.6. The van der Waals surface area contributed by atoms with Crippen LogP contribution in [0.15, 0.2) is 54.6 Å². The zero-order chi connectivity index (χ0) is 18.4. The van der Waals surface area contributed by atoms with E-state index in [0.717, 1.165) is 10.5 Å².